The van der Waals surface area contributed by atoms with Crippen molar-refractivity contribution in [3.63, 3.8) is 0 Å². The number of piperazine rings is 1. The Balaban J connectivity index is 1.36. The lowest BCUT2D eigenvalue weighted by Crippen LogP contribution is -2.43. The van der Waals surface area contributed by atoms with E-state index in [2.05, 4.69) is 25.5 Å². The van der Waals surface area contributed by atoms with Crippen LogP contribution in [-0.2, 0) is 0 Å². The Kier molecular flexibility index (Phi) is 6.19. The zero-order valence-electron chi connectivity index (χ0n) is 18.4. The number of hydrogen-bond acceptors (Lipinski definition) is 6. The predicted molar refractivity (Wildman–Crippen MR) is 125 cm³/mol. The largest absolute Gasteiger partial charge is 0.451 e. The van der Waals surface area contributed by atoms with Crippen LogP contribution in [0.25, 0.3) is 11.0 Å². The number of ether oxygens (including phenoxy) is 1. The first-order valence-electron chi connectivity index (χ1n) is 10.9. The summed E-state index contributed by atoms with van der Waals surface area (Å²) in [4.78, 5) is 23.4. The summed E-state index contributed by atoms with van der Waals surface area (Å²) in [6, 6.07) is 11.6. The van der Waals surface area contributed by atoms with Gasteiger partial charge in [-0.1, -0.05) is 6.07 Å². The Morgan fingerprint density at radius 1 is 0.971 bits per heavy atom. The van der Waals surface area contributed by atoms with Gasteiger partial charge in [-0.3, -0.25) is 9.78 Å². The number of nitrogens with zero attached hydrogens (tertiary/aromatic N) is 3. The van der Waals surface area contributed by atoms with E-state index in [1.807, 2.05) is 0 Å². The summed E-state index contributed by atoms with van der Waals surface area (Å²) < 4.78 is 48.3. The molecule has 2 heterocycles. The summed E-state index contributed by atoms with van der Waals surface area (Å²) in [6.45, 7) is 3.30. The summed E-state index contributed by atoms with van der Waals surface area (Å²) >= 11 is 0. The van der Waals surface area contributed by atoms with Crippen LogP contribution in [0.2, 0.25) is 0 Å². The smallest absolute Gasteiger partial charge is 0.255 e. The molecule has 0 spiro atoms. The fraction of sp³-hybridized carbons (Fsp3) is 0.160. The first-order chi connectivity index (χ1) is 17.0. The first-order valence-corrected chi connectivity index (χ1v) is 10.9. The zero-order valence-corrected chi connectivity index (χ0v) is 18.4. The number of fused-ring (bicyclic) bond motifs is 1. The molecule has 0 bridgehead atoms. The van der Waals surface area contributed by atoms with Crippen LogP contribution < -0.4 is 20.3 Å². The Morgan fingerprint density at radius 3 is 2.49 bits per heavy atom. The van der Waals surface area contributed by atoms with Crippen molar-refractivity contribution in [2.45, 2.75) is 0 Å². The number of amides is 1. The van der Waals surface area contributed by atoms with Crippen LogP contribution in [0.5, 0.6) is 11.5 Å². The van der Waals surface area contributed by atoms with Crippen LogP contribution in [-0.4, -0.2) is 42.1 Å². The number of benzene rings is 3. The van der Waals surface area contributed by atoms with Crippen molar-refractivity contribution in [1.82, 2.24) is 15.3 Å². The summed E-state index contributed by atoms with van der Waals surface area (Å²) in [7, 11) is 0. The summed E-state index contributed by atoms with van der Waals surface area (Å²) in [6.07, 6.45) is 1.70. The molecule has 2 N–H and O–H groups in total. The Hall–Kier alpha value is -4.18. The number of carbonyl (C=O) groups excluding carboxylic acids is 1. The third-order valence-electron chi connectivity index (χ3n) is 5.50. The van der Waals surface area contributed by atoms with E-state index in [4.69, 9.17) is 4.74 Å². The minimum absolute atomic E-state index is 0.0172. The van der Waals surface area contributed by atoms with E-state index in [0.717, 1.165) is 44.4 Å². The van der Waals surface area contributed by atoms with E-state index < -0.39 is 29.1 Å². The average molecular weight is 479 g/mol. The van der Waals surface area contributed by atoms with E-state index in [1.165, 1.54) is 18.2 Å². The molecular weight excluding hydrogens is 459 g/mol. The molecule has 3 aromatic carbocycles. The van der Waals surface area contributed by atoms with Crippen LogP contribution in [0.3, 0.4) is 0 Å². The molecule has 1 aliphatic rings. The number of carbonyl (C=O) groups is 1. The van der Waals surface area contributed by atoms with Gasteiger partial charge in [0.2, 0.25) is 0 Å². The van der Waals surface area contributed by atoms with Crippen molar-refractivity contribution >= 4 is 28.4 Å². The third-order valence-corrected chi connectivity index (χ3v) is 5.50. The third kappa shape index (κ3) is 5.02. The van der Waals surface area contributed by atoms with Crippen molar-refractivity contribution in [3.8, 4) is 11.5 Å². The van der Waals surface area contributed by atoms with Crippen molar-refractivity contribution in [2.75, 3.05) is 36.4 Å². The van der Waals surface area contributed by atoms with Crippen LogP contribution in [0, 0.1) is 17.5 Å². The maximum Gasteiger partial charge on any atom is 0.255 e. The van der Waals surface area contributed by atoms with E-state index in [0.29, 0.717) is 16.9 Å². The van der Waals surface area contributed by atoms with Crippen molar-refractivity contribution in [3.05, 3.63) is 83.8 Å². The topological polar surface area (TPSA) is 79.4 Å². The SMILES string of the molecule is O=C(Nc1cc(F)c(Oc2ccc3ncc(N4CCNCC4)nc3c2)c(F)c1)c1cccc(F)c1. The van der Waals surface area contributed by atoms with Gasteiger partial charge in [0.05, 0.1) is 17.2 Å². The van der Waals surface area contributed by atoms with Crippen LogP contribution in [0.15, 0.2) is 60.8 Å². The molecule has 1 amide bonds. The number of hydrogen-bond donors (Lipinski definition) is 2. The second-order valence-corrected chi connectivity index (χ2v) is 7.95. The van der Waals surface area contributed by atoms with Gasteiger partial charge >= 0.3 is 0 Å². The minimum atomic E-state index is -1.01. The van der Waals surface area contributed by atoms with Crippen molar-refractivity contribution in [1.29, 1.82) is 0 Å². The number of halogens is 3. The number of rotatable bonds is 5. The molecule has 35 heavy (non-hydrogen) atoms. The predicted octanol–water partition coefficient (Wildman–Crippen LogP) is 4.50. The van der Waals surface area contributed by atoms with Gasteiger partial charge in [-0.15, -0.1) is 0 Å². The molecule has 0 unspecified atom stereocenters. The summed E-state index contributed by atoms with van der Waals surface area (Å²) in [5.41, 5.74) is 1.03. The molecule has 1 aliphatic heterocycles. The van der Waals surface area contributed by atoms with Gasteiger partial charge in [0.25, 0.3) is 5.91 Å². The molecule has 5 rings (SSSR count). The highest BCUT2D eigenvalue weighted by molar-refractivity contribution is 6.04. The lowest BCUT2D eigenvalue weighted by atomic mass is 10.2. The van der Waals surface area contributed by atoms with Crippen molar-refractivity contribution in [2.24, 2.45) is 0 Å². The van der Waals surface area contributed by atoms with Gasteiger partial charge in [0.15, 0.2) is 17.4 Å². The fourth-order valence-corrected chi connectivity index (χ4v) is 3.77. The van der Waals surface area contributed by atoms with Crippen molar-refractivity contribution < 1.29 is 22.7 Å². The Bertz CT molecular complexity index is 1390. The van der Waals surface area contributed by atoms with Gasteiger partial charge in [-0.2, -0.15) is 0 Å². The van der Waals surface area contributed by atoms with Gasteiger partial charge < -0.3 is 20.3 Å². The standard InChI is InChI=1S/C25H20F3N5O2/c26-16-3-1-2-15(10-16)25(34)31-17-11-19(27)24(20(28)12-17)35-18-4-5-21-22(13-18)32-23(14-30-21)33-8-6-29-7-9-33/h1-5,10-14,29H,6-9H2,(H,31,34). The maximum atomic E-state index is 14.7. The summed E-state index contributed by atoms with van der Waals surface area (Å²) in [5.74, 6) is -3.06. The van der Waals surface area contributed by atoms with Crippen LogP contribution in [0.4, 0.5) is 24.7 Å². The van der Waals surface area contributed by atoms with E-state index in [9.17, 15) is 18.0 Å². The quantitative estimate of drug-likeness (QED) is 0.439. The van der Waals surface area contributed by atoms with Gasteiger partial charge in [-0.25, -0.2) is 18.2 Å². The Morgan fingerprint density at radius 2 is 1.74 bits per heavy atom. The molecule has 1 saturated heterocycles. The molecule has 178 valence electrons. The Labute approximate surface area is 198 Å². The number of anilines is 2. The number of aromatic nitrogens is 2. The summed E-state index contributed by atoms with van der Waals surface area (Å²) in [5, 5.41) is 5.63. The number of nitrogens with one attached hydrogen (secondary N) is 2. The minimum Gasteiger partial charge on any atom is -0.451 e. The van der Waals surface area contributed by atoms with E-state index in [1.54, 1.807) is 24.4 Å². The second-order valence-electron chi connectivity index (χ2n) is 7.95. The molecule has 0 radical (unpaired) electrons. The van der Waals surface area contributed by atoms with Gasteiger partial charge in [-0.05, 0) is 30.3 Å². The highest BCUT2D eigenvalue weighted by atomic mass is 19.1. The zero-order chi connectivity index (χ0) is 24.4. The second kappa shape index (κ2) is 9.59. The molecule has 10 heteroatoms. The van der Waals surface area contributed by atoms with Gasteiger partial charge in [0.1, 0.15) is 17.4 Å². The van der Waals surface area contributed by atoms with Gasteiger partial charge in [0, 0.05) is 55.6 Å². The average Bonchev–Trinajstić information content (AvgIpc) is 2.86. The molecule has 7 nitrogen and oxygen atoms in total. The molecule has 4 aromatic rings. The monoisotopic (exact) mass is 479 g/mol. The molecule has 1 aromatic heterocycles. The lowest BCUT2D eigenvalue weighted by molar-refractivity contribution is 0.102. The highest BCUT2D eigenvalue weighted by Gasteiger charge is 2.17. The van der Waals surface area contributed by atoms with E-state index in [-0.39, 0.29) is 17.0 Å². The lowest BCUT2D eigenvalue weighted by Gasteiger charge is -2.28. The molecule has 0 saturated carbocycles. The highest BCUT2D eigenvalue weighted by Crippen LogP contribution is 2.32. The molecule has 0 atom stereocenters. The normalized spacial score (nSPS) is 13.6. The maximum absolute atomic E-state index is 14.7. The fourth-order valence-electron chi connectivity index (χ4n) is 3.77. The molecule has 0 aliphatic carbocycles. The first kappa shape index (κ1) is 22.6. The van der Waals surface area contributed by atoms with Crippen LogP contribution >= 0.6 is 0 Å². The van der Waals surface area contributed by atoms with Crippen LogP contribution in [0.1, 0.15) is 10.4 Å². The molecule has 1 fully saturated rings. The van der Waals surface area contributed by atoms with E-state index >= 15 is 0 Å². The molecular formula is C25H20F3N5O2.